The summed E-state index contributed by atoms with van der Waals surface area (Å²) in [4.78, 5) is 73.1. The molecule has 2 aromatic carbocycles. The number of nitrogens with one attached hydrogen (secondary N) is 3. The van der Waals surface area contributed by atoms with Crippen LogP contribution in [0.2, 0.25) is 0 Å². The van der Waals surface area contributed by atoms with Crippen LogP contribution >= 0.6 is 0 Å². The maximum atomic E-state index is 13.3. The normalized spacial score (nSPS) is 13.6. The lowest BCUT2D eigenvalue weighted by Crippen LogP contribution is -2.58. The van der Waals surface area contributed by atoms with Crippen LogP contribution in [0, 0.1) is 0 Å². The quantitative estimate of drug-likeness (QED) is 0.119. The minimum absolute atomic E-state index is 0.0181. The lowest BCUT2D eigenvalue weighted by atomic mass is 10.0. The Morgan fingerprint density at radius 3 is 1.78 bits per heavy atom. The number of amides is 4. The molecule has 0 saturated heterocycles. The molecule has 0 heterocycles. The van der Waals surface area contributed by atoms with Crippen LogP contribution in [0.25, 0.3) is 0 Å². The average Bonchev–Trinajstić information content (AvgIpc) is 2.91. The van der Waals surface area contributed by atoms with Gasteiger partial charge < -0.3 is 42.7 Å². The Hall–Kier alpha value is -4.98. The number of benzene rings is 2. The molecule has 2 aromatic rings. The second-order valence-electron chi connectivity index (χ2n) is 9.29. The van der Waals surface area contributed by atoms with Crippen LogP contribution in [0.4, 0.5) is 0 Å². The fourth-order valence-corrected chi connectivity index (χ4v) is 3.80. The maximum absolute atomic E-state index is 13.3. The fraction of sp³-hybridized carbons (Fsp3) is 0.333. The molecule has 0 aliphatic carbocycles. The van der Waals surface area contributed by atoms with Crippen molar-refractivity contribution in [3.8, 4) is 5.75 Å². The van der Waals surface area contributed by atoms with E-state index in [2.05, 4.69) is 16.0 Å². The van der Waals surface area contributed by atoms with Gasteiger partial charge in [-0.2, -0.15) is 0 Å². The van der Waals surface area contributed by atoms with Crippen LogP contribution in [0.15, 0.2) is 54.6 Å². The third-order valence-corrected chi connectivity index (χ3v) is 5.94. The number of hydrogen-bond donors (Lipinski definition) is 8. The first kappa shape index (κ1) is 32.2. The number of aromatic hydroxyl groups is 1. The van der Waals surface area contributed by atoms with Crippen LogP contribution in [0.1, 0.15) is 30.4 Å². The summed E-state index contributed by atoms with van der Waals surface area (Å²) in [7, 11) is 0. The average molecular weight is 572 g/mol. The van der Waals surface area contributed by atoms with E-state index >= 15 is 0 Å². The highest BCUT2D eigenvalue weighted by atomic mass is 16.4. The van der Waals surface area contributed by atoms with Crippen LogP contribution in [0.3, 0.4) is 0 Å². The number of primary amides is 1. The minimum Gasteiger partial charge on any atom is -0.508 e. The summed E-state index contributed by atoms with van der Waals surface area (Å²) in [6, 6.07) is 8.69. The smallest absolute Gasteiger partial charge is 0.326 e. The molecular weight excluding hydrogens is 538 g/mol. The number of phenolic OH excluding ortho intramolecular Hbond substituents is 1. The first-order chi connectivity index (χ1) is 19.3. The number of rotatable bonds is 16. The number of phenols is 1. The van der Waals surface area contributed by atoms with Crippen molar-refractivity contribution in [3.05, 3.63) is 65.7 Å². The molecule has 0 radical (unpaired) electrons. The highest BCUT2D eigenvalue weighted by molar-refractivity contribution is 5.95. The van der Waals surface area contributed by atoms with Crippen LogP contribution in [0.5, 0.6) is 5.75 Å². The van der Waals surface area contributed by atoms with E-state index in [0.29, 0.717) is 11.1 Å². The Labute approximate surface area is 235 Å². The number of aliphatic carboxylic acids is 2. The van der Waals surface area contributed by atoms with Crippen molar-refractivity contribution in [2.45, 2.75) is 56.3 Å². The summed E-state index contributed by atoms with van der Waals surface area (Å²) in [6.45, 7) is 0. The van der Waals surface area contributed by atoms with E-state index in [4.69, 9.17) is 16.6 Å². The molecule has 4 amide bonds. The predicted molar refractivity (Wildman–Crippen MR) is 144 cm³/mol. The monoisotopic (exact) mass is 571 g/mol. The molecule has 14 nitrogen and oxygen atoms in total. The van der Waals surface area contributed by atoms with E-state index < -0.39 is 72.6 Å². The van der Waals surface area contributed by atoms with Crippen molar-refractivity contribution < 1.29 is 44.1 Å². The van der Waals surface area contributed by atoms with Gasteiger partial charge in [0.05, 0.1) is 12.5 Å². The van der Waals surface area contributed by atoms with E-state index in [1.54, 1.807) is 30.3 Å². The molecule has 4 unspecified atom stereocenters. The summed E-state index contributed by atoms with van der Waals surface area (Å²) in [5, 5.41) is 35.4. The zero-order chi connectivity index (χ0) is 30.5. The molecule has 0 fully saturated rings. The Morgan fingerprint density at radius 1 is 0.707 bits per heavy atom. The predicted octanol–water partition coefficient (Wildman–Crippen LogP) is -1.22. The second kappa shape index (κ2) is 15.6. The summed E-state index contributed by atoms with van der Waals surface area (Å²) in [5.41, 5.74) is 11.8. The SMILES string of the molecule is NC(=O)CC(N)C(=O)NC(CCC(=O)O)C(=O)NC(Cc1ccccc1)C(=O)NC(Cc1ccc(O)cc1)C(=O)O. The molecule has 0 aliphatic rings. The molecule has 0 bridgehead atoms. The van der Waals surface area contributed by atoms with Gasteiger partial charge in [0.1, 0.15) is 23.9 Å². The van der Waals surface area contributed by atoms with Gasteiger partial charge in [0.25, 0.3) is 0 Å². The highest BCUT2D eigenvalue weighted by Crippen LogP contribution is 2.12. The van der Waals surface area contributed by atoms with Gasteiger partial charge in [0.2, 0.25) is 23.6 Å². The number of hydrogen-bond acceptors (Lipinski definition) is 8. The Morgan fingerprint density at radius 2 is 1.22 bits per heavy atom. The van der Waals surface area contributed by atoms with Gasteiger partial charge in [-0.15, -0.1) is 0 Å². The molecule has 0 aromatic heterocycles. The van der Waals surface area contributed by atoms with Crippen LogP contribution in [-0.4, -0.2) is 75.1 Å². The van der Waals surface area contributed by atoms with Gasteiger partial charge in [-0.3, -0.25) is 24.0 Å². The number of carboxylic acids is 2. The molecule has 0 spiro atoms. The third kappa shape index (κ3) is 11.3. The molecule has 220 valence electrons. The van der Waals surface area contributed by atoms with Crippen molar-refractivity contribution in [3.63, 3.8) is 0 Å². The van der Waals surface area contributed by atoms with Crippen LogP contribution < -0.4 is 27.4 Å². The number of carboxylic acid groups (broad SMARTS) is 2. The molecule has 41 heavy (non-hydrogen) atoms. The summed E-state index contributed by atoms with van der Waals surface area (Å²) in [6.07, 6.45) is -1.59. The van der Waals surface area contributed by atoms with Crippen molar-refractivity contribution in [1.82, 2.24) is 16.0 Å². The van der Waals surface area contributed by atoms with Crippen LogP contribution in [-0.2, 0) is 41.6 Å². The molecule has 14 heteroatoms. The molecule has 10 N–H and O–H groups in total. The van der Waals surface area contributed by atoms with Crippen molar-refractivity contribution >= 4 is 35.6 Å². The first-order valence-electron chi connectivity index (χ1n) is 12.6. The zero-order valence-corrected chi connectivity index (χ0v) is 22.0. The lowest BCUT2D eigenvalue weighted by molar-refractivity contribution is -0.142. The lowest BCUT2D eigenvalue weighted by Gasteiger charge is -2.25. The summed E-state index contributed by atoms with van der Waals surface area (Å²) in [5.74, 6) is -6.18. The van der Waals surface area contributed by atoms with E-state index in [1.165, 1.54) is 24.3 Å². The van der Waals surface area contributed by atoms with E-state index in [1.807, 2.05) is 0 Å². The molecule has 2 rings (SSSR count). The first-order valence-corrected chi connectivity index (χ1v) is 12.6. The summed E-state index contributed by atoms with van der Waals surface area (Å²) >= 11 is 0. The second-order valence-corrected chi connectivity index (χ2v) is 9.29. The topological polar surface area (TPSA) is 251 Å². The number of nitrogens with two attached hydrogens (primary N) is 2. The van der Waals surface area contributed by atoms with E-state index in [0.717, 1.165) is 0 Å². The maximum Gasteiger partial charge on any atom is 0.326 e. The number of carbonyl (C=O) groups excluding carboxylic acids is 4. The summed E-state index contributed by atoms with van der Waals surface area (Å²) < 4.78 is 0. The van der Waals surface area contributed by atoms with Gasteiger partial charge >= 0.3 is 11.9 Å². The van der Waals surface area contributed by atoms with Gasteiger partial charge in [-0.1, -0.05) is 42.5 Å². The molecular formula is C27H33N5O9. The Balaban J connectivity index is 2.26. The van der Waals surface area contributed by atoms with E-state index in [9.17, 15) is 39.0 Å². The molecule has 0 aliphatic heterocycles. The van der Waals surface area contributed by atoms with Gasteiger partial charge in [-0.25, -0.2) is 4.79 Å². The Kier molecular flexibility index (Phi) is 12.2. The standard InChI is InChI=1S/C27H33N5O9/c28-18(14-22(29)34)24(37)30-19(10-11-23(35)36)25(38)31-20(12-15-4-2-1-3-5-15)26(39)32-21(27(40)41)13-16-6-8-17(33)9-7-16/h1-9,18-21,33H,10-14,28H2,(H2,29,34)(H,30,37)(H,31,38)(H,32,39)(H,35,36)(H,40,41). The number of carbonyl (C=O) groups is 6. The van der Waals surface area contributed by atoms with E-state index in [-0.39, 0.29) is 25.0 Å². The minimum atomic E-state index is -1.45. The highest BCUT2D eigenvalue weighted by Gasteiger charge is 2.31. The molecule has 4 atom stereocenters. The fourth-order valence-electron chi connectivity index (χ4n) is 3.80. The molecule has 0 saturated carbocycles. The third-order valence-electron chi connectivity index (χ3n) is 5.94. The van der Waals surface area contributed by atoms with Gasteiger partial charge in [-0.05, 0) is 29.7 Å². The van der Waals surface area contributed by atoms with Gasteiger partial charge in [0.15, 0.2) is 0 Å². The van der Waals surface area contributed by atoms with Crippen molar-refractivity contribution in [2.24, 2.45) is 11.5 Å². The van der Waals surface area contributed by atoms with Crippen molar-refractivity contribution in [2.75, 3.05) is 0 Å². The van der Waals surface area contributed by atoms with Crippen molar-refractivity contribution in [1.29, 1.82) is 0 Å². The van der Waals surface area contributed by atoms with Gasteiger partial charge in [0, 0.05) is 19.3 Å². The Bertz CT molecular complexity index is 1240. The zero-order valence-electron chi connectivity index (χ0n) is 22.0. The largest absolute Gasteiger partial charge is 0.508 e.